The molecule has 0 radical (unpaired) electrons. The second-order valence-electron chi connectivity index (χ2n) is 5.75. The quantitative estimate of drug-likeness (QED) is 0.739. The minimum absolute atomic E-state index is 0.198. The Morgan fingerprint density at radius 3 is 1.33 bits per heavy atom. The van der Waals surface area contributed by atoms with Gasteiger partial charge in [0.2, 0.25) is 0 Å². The summed E-state index contributed by atoms with van der Waals surface area (Å²) < 4.78 is 23.3. The van der Waals surface area contributed by atoms with Gasteiger partial charge in [-0.25, -0.2) is 0 Å². The summed E-state index contributed by atoms with van der Waals surface area (Å²) in [5, 5.41) is 0. The second-order valence-corrected chi connectivity index (χ2v) is 5.75. The van der Waals surface area contributed by atoms with Crippen LogP contribution < -0.4 is 11.5 Å². The van der Waals surface area contributed by atoms with Gasteiger partial charge in [-0.3, -0.25) is 0 Å². The molecular weight excluding hydrogens is 236 g/mol. The van der Waals surface area contributed by atoms with Crippen molar-refractivity contribution in [3.63, 3.8) is 0 Å². The average molecular weight is 260 g/mol. The summed E-state index contributed by atoms with van der Waals surface area (Å²) in [7, 11) is 0. The summed E-state index contributed by atoms with van der Waals surface area (Å²) in [4.78, 5) is 0. The Kier molecular flexibility index (Phi) is 3.70. The highest BCUT2D eigenvalue weighted by Crippen LogP contribution is 2.37. The van der Waals surface area contributed by atoms with Gasteiger partial charge < -0.3 is 30.4 Å². The van der Waals surface area contributed by atoms with E-state index in [9.17, 15) is 0 Å². The van der Waals surface area contributed by atoms with Gasteiger partial charge in [0, 0.05) is 13.1 Å². The van der Waals surface area contributed by atoms with E-state index in [-0.39, 0.29) is 24.4 Å². The predicted molar refractivity (Wildman–Crippen MR) is 65.8 cm³/mol. The third kappa shape index (κ3) is 2.68. The van der Waals surface area contributed by atoms with E-state index in [4.69, 9.17) is 30.4 Å². The van der Waals surface area contributed by atoms with Crippen molar-refractivity contribution in [3.8, 4) is 0 Å². The summed E-state index contributed by atoms with van der Waals surface area (Å²) in [6.07, 6.45) is -0.895. The SMILES string of the molecule is CC1(C)O[C@@H]([C@H]2OC(C)(C)O[C@@H]2CN)[C@H](CN)O1. The summed E-state index contributed by atoms with van der Waals surface area (Å²) in [6.45, 7) is 8.24. The van der Waals surface area contributed by atoms with E-state index in [2.05, 4.69) is 0 Å². The topological polar surface area (TPSA) is 89.0 Å². The van der Waals surface area contributed by atoms with E-state index in [0.29, 0.717) is 13.1 Å². The molecule has 2 aliphatic rings. The van der Waals surface area contributed by atoms with Crippen LogP contribution in [0, 0.1) is 0 Å². The summed E-state index contributed by atoms with van der Waals surface area (Å²) in [5.41, 5.74) is 11.5. The molecule has 0 saturated carbocycles. The van der Waals surface area contributed by atoms with Gasteiger partial charge >= 0.3 is 0 Å². The van der Waals surface area contributed by atoms with Crippen molar-refractivity contribution in [2.24, 2.45) is 11.5 Å². The zero-order valence-corrected chi connectivity index (χ0v) is 11.5. The first-order valence-corrected chi connectivity index (χ1v) is 6.39. The Bertz CT molecular complexity index is 278. The number of hydrogen-bond donors (Lipinski definition) is 2. The van der Waals surface area contributed by atoms with Crippen LogP contribution in [0.5, 0.6) is 0 Å². The maximum absolute atomic E-state index is 5.90. The van der Waals surface area contributed by atoms with Crippen LogP contribution in [-0.4, -0.2) is 49.1 Å². The molecule has 0 aromatic carbocycles. The standard InChI is InChI=1S/C12H24N2O4/c1-11(2)15-7(5-13)9(17-11)10-8(6-14)16-12(3,4)18-10/h7-10H,5-6,13-14H2,1-4H3/t7-,8+,9+,10-. The second kappa shape index (κ2) is 4.70. The number of ether oxygens (including phenoxy) is 4. The van der Waals surface area contributed by atoms with Gasteiger partial charge in [-0.15, -0.1) is 0 Å². The van der Waals surface area contributed by atoms with Crippen molar-refractivity contribution in [1.29, 1.82) is 0 Å². The summed E-state index contributed by atoms with van der Waals surface area (Å²) in [5.74, 6) is -1.30. The molecule has 0 bridgehead atoms. The van der Waals surface area contributed by atoms with Gasteiger partial charge in [0.25, 0.3) is 0 Å². The molecule has 2 heterocycles. The molecule has 4 atom stereocenters. The summed E-state index contributed by atoms with van der Waals surface area (Å²) >= 11 is 0. The molecule has 2 saturated heterocycles. The lowest BCUT2D eigenvalue weighted by Crippen LogP contribution is -2.46. The number of nitrogens with two attached hydrogens (primary N) is 2. The average Bonchev–Trinajstić information content (AvgIpc) is 2.74. The molecule has 0 aromatic rings. The molecule has 0 amide bonds. The molecule has 0 unspecified atom stereocenters. The van der Waals surface area contributed by atoms with Gasteiger partial charge in [0.1, 0.15) is 24.4 Å². The third-order valence-corrected chi connectivity index (χ3v) is 3.23. The highest BCUT2D eigenvalue weighted by molar-refractivity contribution is 4.95. The van der Waals surface area contributed by atoms with E-state index in [0.717, 1.165) is 0 Å². The highest BCUT2D eigenvalue weighted by Gasteiger charge is 2.52. The van der Waals surface area contributed by atoms with E-state index >= 15 is 0 Å². The van der Waals surface area contributed by atoms with Gasteiger partial charge in [0.15, 0.2) is 11.6 Å². The maximum Gasteiger partial charge on any atom is 0.163 e. The van der Waals surface area contributed by atoms with Crippen molar-refractivity contribution in [2.75, 3.05) is 13.1 Å². The fourth-order valence-electron chi connectivity index (χ4n) is 2.65. The molecule has 6 heteroatoms. The van der Waals surface area contributed by atoms with E-state index in [1.165, 1.54) is 0 Å². The Morgan fingerprint density at radius 1 is 0.722 bits per heavy atom. The fourth-order valence-corrected chi connectivity index (χ4v) is 2.65. The molecule has 18 heavy (non-hydrogen) atoms. The van der Waals surface area contributed by atoms with E-state index in [1.807, 2.05) is 27.7 Å². The highest BCUT2D eigenvalue weighted by atomic mass is 16.8. The lowest BCUT2D eigenvalue weighted by atomic mass is 10.0. The molecular formula is C12H24N2O4. The molecule has 0 aromatic heterocycles. The Balaban J connectivity index is 2.15. The Hall–Kier alpha value is -0.240. The first kappa shape index (κ1) is 14.2. The van der Waals surface area contributed by atoms with Crippen LogP contribution in [0.3, 0.4) is 0 Å². The van der Waals surface area contributed by atoms with Crippen LogP contribution in [0.25, 0.3) is 0 Å². The normalized spacial score (nSPS) is 42.3. The Morgan fingerprint density at radius 2 is 1.06 bits per heavy atom. The largest absolute Gasteiger partial charge is 0.343 e. The van der Waals surface area contributed by atoms with Crippen LogP contribution in [0.1, 0.15) is 27.7 Å². The fraction of sp³-hybridized carbons (Fsp3) is 1.00. The Labute approximate surface area is 108 Å². The smallest absolute Gasteiger partial charge is 0.163 e. The van der Waals surface area contributed by atoms with Crippen LogP contribution in [0.4, 0.5) is 0 Å². The van der Waals surface area contributed by atoms with Crippen LogP contribution >= 0.6 is 0 Å². The molecule has 6 nitrogen and oxygen atoms in total. The molecule has 2 aliphatic heterocycles. The minimum atomic E-state index is -0.649. The van der Waals surface area contributed by atoms with Crippen LogP contribution in [0.15, 0.2) is 0 Å². The maximum atomic E-state index is 5.90. The van der Waals surface area contributed by atoms with Gasteiger partial charge in [-0.2, -0.15) is 0 Å². The van der Waals surface area contributed by atoms with Gasteiger partial charge in [-0.05, 0) is 27.7 Å². The number of rotatable bonds is 3. The van der Waals surface area contributed by atoms with Crippen molar-refractivity contribution < 1.29 is 18.9 Å². The van der Waals surface area contributed by atoms with E-state index < -0.39 is 11.6 Å². The first-order chi connectivity index (χ1) is 8.28. The molecule has 106 valence electrons. The van der Waals surface area contributed by atoms with Crippen molar-refractivity contribution in [2.45, 2.75) is 63.7 Å². The molecule has 4 N–H and O–H groups in total. The molecule has 2 rings (SSSR count). The predicted octanol–water partition coefficient (Wildman–Crippen LogP) is -0.0560. The lowest BCUT2D eigenvalue weighted by molar-refractivity contribution is -0.175. The first-order valence-electron chi connectivity index (χ1n) is 6.39. The molecule has 0 spiro atoms. The lowest BCUT2D eigenvalue weighted by Gasteiger charge is -2.25. The zero-order chi connectivity index (χ0) is 13.6. The third-order valence-electron chi connectivity index (χ3n) is 3.23. The van der Waals surface area contributed by atoms with Crippen molar-refractivity contribution in [1.82, 2.24) is 0 Å². The molecule has 2 fully saturated rings. The number of hydrogen-bond acceptors (Lipinski definition) is 6. The minimum Gasteiger partial charge on any atom is -0.343 e. The summed E-state index contributed by atoms with van der Waals surface area (Å²) in [6, 6.07) is 0. The van der Waals surface area contributed by atoms with Crippen LogP contribution in [0.2, 0.25) is 0 Å². The van der Waals surface area contributed by atoms with Gasteiger partial charge in [-0.1, -0.05) is 0 Å². The molecule has 0 aliphatic carbocycles. The van der Waals surface area contributed by atoms with Crippen LogP contribution in [-0.2, 0) is 18.9 Å². The van der Waals surface area contributed by atoms with E-state index in [1.54, 1.807) is 0 Å². The monoisotopic (exact) mass is 260 g/mol. The zero-order valence-electron chi connectivity index (χ0n) is 11.5. The van der Waals surface area contributed by atoms with Crippen molar-refractivity contribution >= 4 is 0 Å². The van der Waals surface area contributed by atoms with Gasteiger partial charge in [0.05, 0.1) is 0 Å². The van der Waals surface area contributed by atoms with Crippen molar-refractivity contribution in [3.05, 3.63) is 0 Å².